The largest absolute Gasteiger partial charge is 0.472 e. The quantitative estimate of drug-likeness (QED) is 0.0222. The summed E-state index contributed by atoms with van der Waals surface area (Å²) >= 11 is 0. The lowest BCUT2D eigenvalue weighted by Crippen LogP contribution is -2.30. The fourth-order valence-corrected chi connectivity index (χ4v) is 14.5. The summed E-state index contributed by atoms with van der Waals surface area (Å²) < 4.78 is 68.9. The lowest BCUT2D eigenvalue weighted by molar-refractivity contribution is -0.161. The van der Waals surface area contributed by atoms with Crippen LogP contribution in [0.15, 0.2) is 0 Å². The van der Waals surface area contributed by atoms with Gasteiger partial charge in [-0.05, 0) is 43.4 Å². The summed E-state index contributed by atoms with van der Waals surface area (Å²) in [6.07, 6.45) is 63.5. The van der Waals surface area contributed by atoms with Crippen LogP contribution in [0.3, 0.4) is 0 Å². The van der Waals surface area contributed by atoms with E-state index in [0.717, 1.165) is 108 Å². The predicted octanol–water partition coefficient (Wildman–Crippen LogP) is 25.3. The Kier molecular flexibility index (Phi) is 72.8. The normalized spacial score (nSPS) is 14.4. The highest BCUT2D eigenvalue weighted by Crippen LogP contribution is 2.45. The maximum atomic E-state index is 13.1. The van der Waals surface area contributed by atoms with E-state index in [-0.39, 0.29) is 25.7 Å². The van der Waals surface area contributed by atoms with Gasteiger partial charge in [0.2, 0.25) is 0 Å². The molecular formula is C84H164O17P2. The van der Waals surface area contributed by atoms with E-state index < -0.39 is 97.5 Å². The molecule has 0 bridgehead atoms. The second-order valence-electron chi connectivity index (χ2n) is 31.2. The van der Waals surface area contributed by atoms with Crippen LogP contribution in [0.2, 0.25) is 0 Å². The summed E-state index contributed by atoms with van der Waals surface area (Å²) in [6.45, 7) is 12.1. The molecule has 0 rings (SSSR count). The molecule has 7 atom stereocenters. The fourth-order valence-electron chi connectivity index (χ4n) is 13.0. The Balaban J connectivity index is 5.26. The number of carbonyl (C=O) groups excluding carboxylic acids is 4. The number of phosphoric acid groups is 2. The van der Waals surface area contributed by atoms with Crippen LogP contribution >= 0.6 is 15.6 Å². The van der Waals surface area contributed by atoms with Crippen LogP contribution < -0.4 is 0 Å². The summed E-state index contributed by atoms with van der Waals surface area (Å²) in [5.74, 6) is 0.377. The van der Waals surface area contributed by atoms with Crippen LogP contribution in [0.1, 0.15) is 440 Å². The smallest absolute Gasteiger partial charge is 0.462 e. The number of hydrogen-bond donors (Lipinski definition) is 3. The lowest BCUT2D eigenvalue weighted by Gasteiger charge is -2.21. The van der Waals surface area contributed by atoms with Crippen LogP contribution in [0.5, 0.6) is 0 Å². The Hall–Kier alpha value is -1.94. The molecule has 19 heteroatoms. The molecule has 0 aromatic carbocycles. The summed E-state index contributed by atoms with van der Waals surface area (Å²) in [5, 5.41) is 10.7. The first-order chi connectivity index (χ1) is 49.8. The van der Waals surface area contributed by atoms with Gasteiger partial charge in [0.05, 0.1) is 26.4 Å². The number of unbranched alkanes of at least 4 members (excludes halogenated alkanes) is 48. The van der Waals surface area contributed by atoms with Gasteiger partial charge >= 0.3 is 39.5 Å². The molecule has 0 aliphatic rings. The number of hydrogen-bond acceptors (Lipinski definition) is 15. The number of esters is 4. The Labute approximate surface area is 632 Å². The van der Waals surface area contributed by atoms with Gasteiger partial charge in [0.25, 0.3) is 0 Å². The first-order valence-corrected chi connectivity index (χ1v) is 46.4. The van der Waals surface area contributed by atoms with Crippen LogP contribution in [-0.4, -0.2) is 96.7 Å². The standard InChI is InChI=1S/C84H164O17P2/c1-8-11-12-13-14-15-27-37-44-51-58-65-81(86)94-71-79(100-84(89)68-61-54-47-40-33-26-20-21-28-34-41-48-55-62-75(4)5)73-98-102(90,91)96-69-78(85)70-97-103(92,93)99-74-80(101-83(88)67-60-53-46-39-32-25-19-17-23-30-36-43-50-57-64-77(7)10-3)72-95-82(87)66-59-52-45-38-31-24-18-16-22-29-35-42-49-56-63-76(6)9-2/h75-80,85H,8-74H2,1-7H3,(H,90,91)(H,92,93)/t76?,77?,78-,79+,80+/m0/s1. The maximum absolute atomic E-state index is 13.1. The number of ether oxygens (including phenoxy) is 4. The van der Waals surface area contributed by atoms with Crippen molar-refractivity contribution in [2.24, 2.45) is 17.8 Å². The van der Waals surface area contributed by atoms with Gasteiger partial charge in [0.1, 0.15) is 19.3 Å². The van der Waals surface area contributed by atoms with E-state index in [9.17, 15) is 43.2 Å². The minimum absolute atomic E-state index is 0.107. The monoisotopic (exact) mass is 1510 g/mol. The Morgan fingerprint density at radius 3 is 0.738 bits per heavy atom. The van der Waals surface area contributed by atoms with Gasteiger partial charge in [0.15, 0.2) is 12.2 Å². The molecule has 0 amide bonds. The van der Waals surface area contributed by atoms with Gasteiger partial charge in [-0.2, -0.15) is 0 Å². The van der Waals surface area contributed by atoms with Crippen molar-refractivity contribution in [3.63, 3.8) is 0 Å². The van der Waals surface area contributed by atoms with Gasteiger partial charge in [0, 0.05) is 25.7 Å². The van der Waals surface area contributed by atoms with Crippen LogP contribution in [0.25, 0.3) is 0 Å². The average molecular weight is 1510 g/mol. The van der Waals surface area contributed by atoms with E-state index in [2.05, 4.69) is 48.5 Å². The molecule has 0 aromatic heterocycles. The third kappa shape index (κ3) is 75.3. The molecule has 0 aliphatic carbocycles. The zero-order valence-corrected chi connectivity index (χ0v) is 69.6. The third-order valence-corrected chi connectivity index (χ3v) is 22.3. The van der Waals surface area contributed by atoms with Gasteiger partial charge in [-0.15, -0.1) is 0 Å². The Bertz CT molecular complexity index is 2000. The third-order valence-electron chi connectivity index (χ3n) is 20.4. The summed E-state index contributed by atoms with van der Waals surface area (Å²) in [5.41, 5.74) is 0. The molecule has 3 N–H and O–H groups in total. The molecular weight excluding hydrogens is 1340 g/mol. The van der Waals surface area contributed by atoms with Crippen molar-refractivity contribution in [1.29, 1.82) is 0 Å². The minimum atomic E-state index is -4.96. The zero-order valence-electron chi connectivity index (χ0n) is 67.8. The molecule has 0 radical (unpaired) electrons. The summed E-state index contributed by atoms with van der Waals surface area (Å²) in [7, 11) is -9.93. The highest BCUT2D eigenvalue weighted by atomic mass is 31.2. The molecule has 0 aliphatic heterocycles. The molecule has 0 heterocycles. The van der Waals surface area contributed by atoms with Gasteiger partial charge < -0.3 is 33.8 Å². The fraction of sp³-hybridized carbons (Fsp3) is 0.952. The van der Waals surface area contributed by atoms with E-state index in [1.54, 1.807) is 0 Å². The van der Waals surface area contributed by atoms with Crippen molar-refractivity contribution >= 4 is 39.5 Å². The van der Waals surface area contributed by atoms with Crippen LogP contribution in [0.4, 0.5) is 0 Å². The van der Waals surface area contributed by atoms with Gasteiger partial charge in [-0.1, -0.05) is 389 Å². The van der Waals surface area contributed by atoms with Crippen molar-refractivity contribution in [2.75, 3.05) is 39.6 Å². The number of phosphoric ester groups is 2. The Morgan fingerprint density at radius 2 is 0.495 bits per heavy atom. The predicted molar refractivity (Wildman–Crippen MR) is 423 cm³/mol. The molecule has 103 heavy (non-hydrogen) atoms. The molecule has 0 saturated carbocycles. The van der Waals surface area contributed by atoms with Crippen molar-refractivity contribution in [1.82, 2.24) is 0 Å². The number of carbonyl (C=O) groups is 4. The number of aliphatic hydroxyl groups is 1. The first kappa shape index (κ1) is 101. The van der Waals surface area contributed by atoms with E-state index in [0.29, 0.717) is 25.7 Å². The highest BCUT2D eigenvalue weighted by molar-refractivity contribution is 7.47. The highest BCUT2D eigenvalue weighted by Gasteiger charge is 2.30. The number of rotatable bonds is 82. The first-order valence-electron chi connectivity index (χ1n) is 43.4. The molecule has 0 saturated heterocycles. The second-order valence-corrected chi connectivity index (χ2v) is 34.1. The van der Waals surface area contributed by atoms with E-state index in [1.807, 2.05) is 0 Å². The van der Waals surface area contributed by atoms with E-state index in [4.69, 9.17) is 37.0 Å². The Morgan fingerprint density at radius 1 is 0.282 bits per heavy atom. The molecule has 17 nitrogen and oxygen atoms in total. The van der Waals surface area contributed by atoms with Crippen molar-refractivity contribution in [3.05, 3.63) is 0 Å². The van der Waals surface area contributed by atoms with Crippen molar-refractivity contribution < 1.29 is 80.2 Å². The second kappa shape index (κ2) is 74.2. The van der Waals surface area contributed by atoms with Crippen LogP contribution in [-0.2, 0) is 65.4 Å². The maximum Gasteiger partial charge on any atom is 0.472 e. The zero-order chi connectivity index (χ0) is 75.8. The molecule has 0 spiro atoms. The van der Waals surface area contributed by atoms with E-state index in [1.165, 1.54) is 250 Å². The van der Waals surface area contributed by atoms with E-state index >= 15 is 0 Å². The minimum Gasteiger partial charge on any atom is -0.462 e. The van der Waals surface area contributed by atoms with Gasteiger partial charge in [-0.3, -0.25) is 37.3 Å². The lowest BCUT2D eigenvalue weighted by atomic mass is 9.99. The molecule has 4 unspecified atom stereocenters. The average Bonchev–Trinajstić information content (AvgIpc) is 0.911. The topological polar surface area (TPSA) is 237 Å². The number of aliphatic hydroxyl groups excluding tert-OH is 1. The van der Waals surface area contributed by atoms with Crippen molar-refractivity contribution in [3.8, 4) is 0 Å². The summed E-state index contributed by atoms with van der Waals surface area (Å²) in [4.78, 5) is 73.2. The SMILES string of the molecule is CCCCCCCCCCCCCC(=O)OC[C@H](COP(=O)(O)OC[C@H](O)COP(=O)(O)OC[C@@H](COC(=O)CCCCCCCCCCCCCCCCC(C)CC)OC(=O)CCCCCCCCCCCCCCCCC(C)CC)OC(=O)CCCCCCCCCCCCCCCC(C)C. The van der Waals surface area contributed by atoms with Crippen molar-refractivity contribution in [2.45, 2.75) is 458 Å². The molecule has 0 fully saturated rings. The molecule has 0 aromatic rings. The molecule has 612 valence electrons. The summed E-state index contributed by atoms with van der Waals surface area (Å²) in [6, 6.07) is 0. The van der Waals surface area contributed by atoms with Crippen LogP contribution in [0, 0.1) is 17.8 Å². The van der Waals surface area contributed by atoms with Gasteiger partial charge in [-0.25, -0.2) is 9.13 Å².